The zero-order chi connectivity index (χ0) is 21.6. The molecule has 0 aliphatic heterocycles. The van der Waals surface area contributed by atoms with Crippen molar-refractivity contribution in [1.82, 2.24) is 9.78 Å². The fourth-order valence-electron chi connectivity index (χ4n) is 2.87. The topological polar surface area (TPSA) is 56.5 Å². The second kappa shape index (κ2) is 9.56. The summed E-state index contributed by atoms with van der Waals surface area (Å²) in [7, 11) is 0. The molecule has 8 heteroatoms. The third kappa shape index (κ3) is 5.46. The number of hydrogen-bond acceptors (Lipinski definition) is 3. The molecule has 5 nitrogen and oxygen atoms in total. The number of hydrogen-bond donors (Lipinski definition) is 0. The maximum atomic E-state index is 12.9. The molecule has 158 valence electrons. The number of nitrogens with zero attached hydrogens (tertiary/aromatic N) is 3. The third-order valence-electron chi connectivity index (χ3n) is 4.45. The Morgan fingerprint density at radius 3 is 2.73 bits per heavy atom. The number of amides is 1. The molecular weight excluding hydrogens is 395 g/mol. The monoisotopic (exact) mass is 417 g/mol. The summed E-state index contributed by atoms with van der Waals surface area (Å²) in [6, 6.07) is 5.64. The van der Waals surface area contributed by atoms with Gasteiger partial charge in [0.05, 0.1) is 29.8 Å². The van der Waals surface area contributed by atoms with Crippen molar-refractivity contribution in [2.24, 2.45) is 4.99 Å². The van der Waals surface area contributed by atoms with Crippen LogP contribution in [-0.4, -0.2) is 22.3 Å². The van der Waals surface area contributed by atoms with E-state index in [2.05, 4.69) is 10.1 Å². The molecule has 1 aromatic carbocycles. The summed E-state index contributed by atoms with van der Waals surface area (Å²) in [5, 5.41) is 4.56. The van der Waals surface area contributed by atoms with Crippen molar-refractivity contribution in [3.63, 3.8) is 0 Å². The number of aromatic nitrogens is 2. The minimum atomic E-state index is -4.53. The van der Waals surface area contributed by atoms with Gasteiger partial charge in [0.15, 0.2) is 0 Å². The lowest BCUT2D eigenvalue weighted by Gasteiger charge is -2.18. The summed E-state index contributed by atoms with van der Waals surface area (Å²) < 4.78 is 46.2. The number of allylic oxidation sites excluding steroid dienone is 4. The van der Waals surface area contributed by atoms with Gasteiger partial charge in [-0.05, 0) is 31.0 Å². The molecule has 0 fully saturated rings. The van der Waals surface area contributed by atoms with Crippen LogP contribution < -0.4 is 10.1 Å². The van der Waals surface area contributed by atoms with Gasteiger partial charge in [0.2, 0.25) is 5.88 Å². The second-order valence-electron chi connectivity index (χ2n) is 6.78. The largest absolute Gasteiger partial charge is 0.478 e. The molecule has 0 saturated carbocycles. The van der Waals surface area contributed by atoms with Crippen LogP contribution in [0.5, 0.6) is 5.88 Å². The third-order valence-corrected chi connectivity index (χ3v) is 4.45. The van der Waals surface area contributed by atoms with Gasteiger partial charge >= 0.3 is 6.18 Å². The Balaban J connectivity index is 1.93. The Morgan fingerprint density at radius 2 is 2.03 bits per heavy atom. The molecule has 1 aliphatic carbocycles. The van der Waals surface area contributed by atoms with Gasteiger partial charge in [0.25, 0.3) is 5.91 Å². The van der Waals surface area contributed by atoms with E-state index >= 15 is 0 Å². The van der Waals surface area contributed by atoms with Gasteiger partial charge in [-0.1, -0.05) is 43.7 Å². The lowest BCUT2D eigenvalue weighted by atomic mass is 10.1. The Kier molecular flexibility index (Phi) is 6.87. The maximum Gasteiger partial charge on any atom is 0.416 e. The number of halogens is 3. The average Bonchev–Trinajstić information content (AvgIpc) is 2.74. The molecule has 0 N–H and O–H groups in total. The first kappa shape index (κ1) is 21.5. The zero-order valence-corrected chi connectivity index (χ0v) is 16.5. The molecule has 0 unspecified atom stereocenters. The number of carbonyl (C=O) groups excluding carboxylic acids is 1. The Bertz CT molecular complexity index is 1010. The molecule has 0 bridgehead atoms. The first-order valence-electron chi connectivity index (χ1n) is 9.70. The molecule has 1 heterocycles. The van der Waals surface area contributed by atoms with E-state index in [1.807, 2.05) is 31.2 Å². The van der Waals surface area contributed by atoms with E-state index < -0.39 is 17.6 Å². The highest BCUT2D eigenvalue weighted by molar-refractivity contribution is 5.95. The molecular formula is C22H22F3N3O2. The summed E-state index contributed by atoms with van der Waals surface area (Å²) in [6.45, 7) is 2.52. The number of alkyl halides is 3. The minimum absolute atomic E-state index is 0.122. The van der Waals surface area contributed by atoms with Crippen LogP contribution in [0.15, 0.2) is 65.8 Å². The molecule has 3 rings (SSSR count). The van der Waals surface area contributed by atoms with E-state index in [0.29, 0.717) is 12.5 Å². The highest BCUT2D eigenvalue weighted by Gasteiger charge is 2.30. The number of rotatable bonds is 6. The molecule has 0 saturated heterocycles. The van der Waals surface area contributed by atoms with Gasteiger partial charge in [-0.25, -0.2) is 9.67 Å². The Labute approximate surface area is 172 Å². The van der Waals surface area contributed by atoms with Gasteiger partial charge < -0.3 is 4.74 Å². The highest BCUT2D eigenvalue weighted by atomic mass is 19.4. The first-order valence-corrected chi connectivity index (χ1v) is 9.70. The van der Waals surface area contributed by atoms with Gasteiger partial charge in [-0.3, -0.25) is 4.79 Å². The summed E-state index contributed by atoms with van der Waals surface area (Å²) in [5.41, 5.74) is -1.04. The van der Waals surface area contributed by atoms with E-state index in [9.17, 15) is 18.0 Å². The number of ether oxygens (including phenoxy) is 1. The molecule has 1 aliphatic rings. The first-order chi connectivity index (χ1) is 14.4. The van der Waals surface area contributed by atoms with Crippen LogP contribution >= 0.6 is 0 Å². The van der Waals surface area contributed by atoms with E-state index in [-0.39, 0.29) is 17.0 Å². The van der Waals surface area contributed by atoms with Crippen molar-refractivity contribution >= 4 is 5.91 Å². The molecule has 0 atom stereocenters. The second-order valence-corrected chi connectivity index (χ2v) is 6.78. The highest BCUT2D eigenvalue weighted by Crippen LogP contribution is 2.29. The van der Waals surface area contributed by atoms with Gasteiger partial charge in [0, 0.05) is 11.6 Å². The van der Waals surface area contributed by atoms with Crippen molar-refractivity contribution in [3.8, 4) is 5.88 Å². The number of unbranched alkanes of at least 4 members (excludes halogenated alkanes) is 1. The number of benzene rings is 1. The maximum absolute atomic E-state index is 12.9. The van der Waals surface area contributed by atoms with Gasteiger partial charge in [0.1, 0.15) is 0 Å². The standard InChI is InChI=1S/C22H22F3N3O2/c1-2-3-12-30-20-14-18(15-26-28(20)19-10-5-4-6-11-19)27-21(29)16-8-7-9-17(13-16)22(23,24)25/h5-11,13-15,19H,2-4,12H2,1H3. The van der Waals surface area contributed by atoms with E-state index in [4.69, 9.17) is 4.74 Å². The SMILES string of the molecule is CCCCOc1cc(=NC(=O)c2cccc(C(F)(F)F)c2)cnn1C1C=CCC=C1. The van der Waals surface area contributed by atoms with Crippen molar-refractivity contribution in [2.45, 2.75) is 38.4 Å². The van der Waals surface area contributed by atoms with Gasteiger partial charge in [-0.15, -0.1) is 0 Å². The van der Waals surface area contributed by atoms with E-state index in [0.717, 1.165) is 31.4 Å². The quantitative estimate of drug-likeness (QED) is 0.497. The summed E-state index contributed by atoms with van der Waals surface area (Å²) in [5.74, 6) is -0.347. The fourth-order valence-corrected chi connectivity index (χ4v) is 2.87. The van der Waals surface area contributed by atoms with Crippen molar-refractivity contribution in [1.29, 1.82) is 0 Å². The smallest absolute Gasteiger partial charge is 0.416 e. The van der Waals surface area contributed by atoms with Crippen LogP contribution in [0.2, 0.25) is 0 Å². The van der Waals surface area contributed by atoms with Crippen LogP contribution in [0.1, 0.15) is 48.1 Å². The molecule has 1 aromatic heterocycles. The van der Waals surface area contributed by atoms with Crippen LogP contribution in [0.25, 0.3) is 0 Å². The van der Waals surface area contributed by atoms with E-state index in [1.54, 1.807) is 10.7 Å². The zero-order valence-electron chi connectivity index (χ0n) is 16.5. The van der Waals surface area contributed by atoms with Crippen molar-refractivity contribution < 1.29 is 22.7 Å². The number of carbonyl (C=O) groups is 1. The van der Waals surface area contributed by atoms with E-state index in [1.165, 1.54) is 18.3 Å². The van der Waals surface area contributed by atoms with Crippen molar-refractivity contribution in [2.75, 3.05) is 6.61 Å². The van der Waals surface area contributed by atoms with Crippen LogP contribution in [-0.2, 0) is 6.18 Å². The minimum Gasteiger partial charge on any atom is -0.478 e. The molecule has 0 radical (unpaired) electrons. The summed E-state index contributed by atoms with van der Waals surface area (Å²) in [4.78, 5) is 16.3. The van der Waals surface area contributed by atoms with Crippen LogP contribution in [0.3, 0.4) is 0 Å². The average molecular weight is 417 g/mol. The normalized spacial score (nSPS) is 14.9. The van der Waals surface area contributed by atoms with Crippen molar-refractivity contribution in [3.05, 3.63) is 77.3 Å². The van der Waals surface area contributed by atoms with Gasteiger partial charge in [-0.2, -0.15) is 18.3 Å². The molecule has 1 amide bonds. The predicted octanol–water partition coefficient (Wildman–Crippen LogP) is 4.88. The van der Waals surface area contributed by atoms with Crippen LogP contribution in [0.4, 0.5) is 13.2 Å². The fraction of sp³-hybridized carbons (Fsp3) is 0.318. The molecule has 30 heavy (non-hydrogen) atoms. The summed E-state index contributed by atoms with van der Waals surface area (Å²) in [6.07, 6.45) is 7.54. The Morgan fingerprint density at radius 1 is 1.27 bits per heavy atom. The summed E-state index contributed by atoms with van der Waals surface area (Å²) >= 11 is 0. The lowest BCUT2D eigenvalue weighted by molar-refractivity contribution is -0.137. The lowest BCUT2D eigenvalue weighted by Crippen LogP contribution is -2.19. The van der Waals surface area contributed by atoms with Crippen LogP contribution in [0, 0.1) is 0 Å². The molecule has 2 aromatic rings. The predicted molar refractivity (Wildman–Crippen MR) is 106 cm³/mol. The Hall–Kier alpha value is -3.16. The molecule has 0 spiro atoms.